The number of carbonyl (C=O) groups is 1. The molecule has 0 aliphatic carbocycles. The van der Waals surface area contributed by atoms with Gasteiger partial charge < -0.3 is 4.74 Å². The summed E-state index contributed by atoms with van der Waals surface area (Å²) in [4.78, 5) is 16.4. The standard InChI is InChI=1S/C17H17ClN6O4.Zn/c1-27-7-6-24-9-19-16(23-24)10-4-3-5-11(15(10)28-2)20-12-8-13(18)21-22-14(12)17(25)26;/h3-5,8-9H,6-7H2,1-2H3,(H,20,21)(H,25,26);/q;+1/p-1. The second kappa shape index (κ2) is 9.73. The van der Waals surface area contributed by atoms with Crippen LogP contribution in [0.5, 0.6) is 5.75 Å². The molecule has 0 bridgehead atoms. The first-order valence-electron chi connectivity index (χ1n) is 8.39. The van der Waals surface area contributed by atoms with Gasteiger partial charge in [-0.1, -0.05) is 0 Å². The first-order chi connectivity index (χ1) is 14.1. The Morgan fingerprint density at radius 1 is 1.28 bits per heavy atom. The van der Waals surface area contributed by atoms with Crippen molar-refractivity contribution >= 4 is 28.9 Å². The zero-order chi connectivity index (χ0) is 20.8. The molecule has 3 rings (SSSR count). The van der Waals surface area contributed by atoms with Gasteiger partial charge in [0.05, 0.1) is 6.61 Å². The van der Waals surface area contributed by atoms with Gasteiger partial charge in [0.15, 0.2) is 0 Å². The SMILES string of the molecule is COCCn1cnc(-c2cccc(Nc3cc(Cl)nnc3C(=O)[O][Zn])c2OC)n1. The average Bonchev–Trinajstić information content (AvgIpc) is 3.20. The van der Waals surface area contributed by atoms with Crippen LogP contribution < -0.4 is 10.1 Å². The van der Waals surface area contributed by atoms with Crippen molar-refractivity contribution in [1.29, 1.82) is 0 Å². The van der Waals surface area contributed by atoms with Crippen LogP contribution in [-0.2, 0) is 33.5 Å². The van der Waals surface area contributed by atoms with Gasteiger partial charge in [0.25, 0.3) is 0 Å². The molecule has 0 radical (unpaired) electrons. The summed E-state index contributed by atoms with van der Waals surface area (Å²) in [6.45, 7) is 1.10. The molecule has 1 N–H and O–H groups in total. The Balaban J connectivity index is 1.98. The van der Waals surface area contributed by atoms with Crippen molar-refractivity contribution in [3.63, 3.8) is 0 Å². The summed E-state index contributed by atoms with van der Waals surface area (Å²) < 4.78 is 17.2. The van der Waals surface area contributed by atoms with E-state index in [9.17, 15) is 4.79 Å². The van der Waals surface area contributed by atoms with Crippen molar-refractivity contribution in [2.24, 2.45) is 0 Å². The van der Waals surface area contributed by atoms with Crippen molar-refractivity contribution in [2.45, 2.75) is 6.54 Å². The van der Waals surface area contributed by atoms with Gasteiger partial charge in [0.2, 0.25) is 0 Å². The molecule has 0 saturated heterocycles. The molecule has 0 atom stereocenters. The molecule has 2 heterocycles. The van der Waals surface area contributed by atoms with Crippen LogP contribution >= 0.6 is 11.6 Å². The first kappa shape index (κ1) is 21.1. The van der Waals surface area contributed by atoms with E-state index in [-0.39, 0.29) is 10.8 Å². The molecule has 12 heteroatoms. The summed E-state index contributed by atoms with van der Waals surface area (Å²) in [6.07, 6.45) is 1.62. The molecule has 10 nitrogen and oxygen atoms in total. The summed E-state index contributed by atoms with van der Waals surface area (Å²) in [6, 6.07) is 6.93. The van der Waals surface area contributed by atoms with Crippen molar-refractivity contribution in [2.75, 3.05) is 26.1 Å². The minimum atomic E-state index is -0.592. The summed E-state index contributed by atoms with van der Waals surface area (Å²) >= 11 is 6.29. The quantitative estimate of drug-likeness (QED) is 0.497. The molecule has 1 aromatic carbocycles. The monoisotopic (exact) mass is 467 g/mol. The first-order valence-corrected chi connectivity index (χ1v) is 9.98. The summed E-state index contributed by atoms with van der Waals surface area (Å²) in [5.41, 5.74) is 1.61. The van der Waals surface area contributed by atoms with Crippen LogP contribution in [0.1, 0.15) is 10.5 Å². The number of nitrogens with one attached hydrogen (secondary N) is 1. The van der Waals surface area contributed by atoms with Crippen LogP contribution in [0, 0.1) is 0 Å². The van der Waals surface area contributed by atoms with Crippen molar-refractivity contribution in [3.8, 4) is 17.1 Å². The molecule has 0 spiro atoms. The Kier molecular flexibility index (Phi) is 7.08. The number of para-hydroxylation sites is 1. The van der Waals surface area contributed by atoms with Gasteiger partial charge in [-0.15, -0.1) is 0 Å². The third-order valence-electron chi connectivity index (χ3n) is 3.88. The average molecular weight is 469 g/mol. The Hall–Kier alpha value is -2.62. The molecule has 147 valence electrons. The maximum atomic E-state index is 12.0. The molecule has 0 amide bonds. The fourth-order valence-electron chi connectivity index (χ4n) is 2.57. The summed E-state index contributed by atoms with van der Waals surface area (Å²) in [5.74, 6) is 0.394. The number of anilines is 2. The van der Waals surface area contributed by atoms with Crippen molar-refractivity contribution in [1.82, 2.24) is 25.0 Å². The number of ether oxygens (including phenoxy) is 2. The van der Waals surface area contributed by atoms with Gasteiger partial charge in [-0.2, -0.15) is 0 Å². The third-order valence-corrected chi connectivity index (χ3v) is 4.61. The van der Waals surface area contributed by atoms with Crippen LogP contribution in [0.3, 0.4) is 0 Å². The zero-order valence-electron chi connectivity index (χ0n) is 15.8. The molecule has 0 aliphatic heterocycles. The molecular formula is C17H16ClN6O4Zn. The number of carbonyl (C=O) groups excluding carboxylic acids is 1. The third kappa shape index (κ3) is 4.87. The second-order valence-corrected chi connectivity index (χ2v) is 6.69. The topological polar surface area (TPSA) is 113 Å². The normalized spacial score (nSPS) is 10.7. The molecule has 0 aliphatic rings. The number of hydrogen-bond acceptors (Lipinski definition) is 9. The molecule has 3 aromatic rings. The van der Waals surface area contributed by atoms with Crippen LogP contribution in [0.4, 0.5) is 11.4 Å². The second-order valence-electron chi connectivity index (χ2n) is 5.70. The predicted octanol–water partition coefficient (Wildman–Crippen LogP) is 2.41. The summed E-state index contributed by atoms with van der Waals surface area (Å²) in [5, 5.41) is 15.2. The molecule has 0 fully saturated rings. The molecule has 0 saturated carbocycles. The van der Waals surface area contributed by atoms with Crippen LogP contribution in [0.2, 0.25) is 5.15 Å². The van der Waals surface area contributed by atoms with Gasteiger partial charge in [-0.25, -0.2) is 0 Å². The van der Waals surface area contributed by atoms with Gasteiger partial charge in [0.1, 0.15) is 0 Å². The predicted molar refractivity (Wildman–Crippen MR) is 99.6 cm³/mol. The molecular weight excluding hydrogens is 453 g/mol. The number of halogens is 1. The van der Waals surface area contributed by atoms with E-state index < -0.39 is 5.97 Å². The van der Waals surface area contributed by atoms with E-state index in [1.165, 1.54) is 13.2 Å². The van der Waals surface area contributed by atoms with Crippen LogP contribution in [0.15, 0.2) is 30.6 Å². The minimum absolute atomic E-state index is 0.0232. The number of aromatic nitrogens is 5. The van der Waals surface area contributed by atoms with E-state index >= 15 is 0 Å². The molecule has 2 aromatic heterocycles. The molecule has 0 unspecified atom stereocenters. The fraction of sp³-hybridized carbons (Fsp3) is 0.235. The summed E-state index contributed by atoms with van der Waals surface area (Å²) in [7, 11) is 3.16. The van der Waals surface area contributed by atoms with Gasteiger partial charge in [-0.3, -0.25) is 0 Å². The van der Waals surface area contributed by atoms with Gasteiger partial charge >= 0.3 is 163 Å². The Bertz CT molecular complexity index is 1020. The van der Waals surface area contributed by atoms with E-state index in [0.717, 1.165) is 0 Å². The Labute approximate surface area is 181 Å². The van der Waals surface area contributed by atoms with Gasteiger partial charge in [0, 0.05) is 7.11 Å². The van der Waals surface area contributed by atoms with Gasteiger partial charge in [-0.05, 0) is 0 Å². The number of benzene rings is 1. The van der Waals surface area contributed by atoms with E-state index in [1.54, 1.807) is 24.2 Å². The van der Waals surface area contributed by atoms with E-state index in [2.05, 4.69) is 25.6 Å². The number of methoxy groups -OCH3 is 2. The van der Waals surface area contributed by atoms with E-state index in [4.69, 9.17) is 24.6 Å². The molecule has 29 heavy (non-hydrogen) atoms. The van der Waals surface area contributed by atoms with Crippen molar-refractivity contribution in [3.05, 3.63) is 41.4 Å². The number of hydrogen-bond donors (Lipinski definition) is 1. The Morgan fingerprint density at radius 3 is 2.83 bits per heavy atom. The number of rotatable bonds is 8. The van der Waals surface area contributed by atoms with Crippen molar-refractivity contribution < 1.29 is 36.5 Å². The van der Waals surface area contributed by atoms with E-state index in [1.807, 2.05) is 12.1 Å². The Morgan fingerprint density at radius 2 is 2.10 bits per heavy atom. The maximum absolute atomic E-state index is 12.0. The fourth-order valence-corrected chi connectivity index (χ4v) is 3.00. The van der Waals surface area contributed by atoms with E-state index in [0.29, 0.717) is 60.3 Å². The number of nitrogens with zero attached hydrogens (tertiary/aromatic N) is 5. The van der Waals surface area contributed by atoms with Crippen LogP contribution in [-0.4, -0.2) is 51.8 Å². The zero-order valence-corrected chi connectivity index (χ0v) is 19.5. The van der Waals surface area contributed by atoms with Crippen LogP contribution in [0.25, 0.3) is 11.4 Å².